The Bertz CT molecular complexity index is 831. The average molecular weight is 366 g/mol. The molecule has 0 saturated carbocycles. The Labute approximate surface area is 148 Å². The Morgan fingerprint density at radius 3 is 2.88 bits per heavy atom. The molecule has 1 aromatic carbocycles. The van der Waals surface area contributed by atoms with E-state index >= 15 is 0 Å². The number of nitrogens with two attached hydrogens (primary N) is 1. The maximum absolute atomic E-state index is 13.8. The molecule has 3 aromatic rings. The summed E-state index contributed by atoms with van der Waals surface area (Å²) in [6.45, 7) is 0.378. The molecule has 0 spiro atoms. The number of thiophene rings is 1. The highest BCUT2D eigenvalue weighted by Gasteiger charge is 2.16. The van der Waals surface area contributed by atoms with E-state index in [1.807, 2.05) is 19.2 Å². The normalized spacial score (nSPS) is 12.3. The predicted octanol–water partition coefficient (Wildman–Crippen LogP) is 3.32. The predicted molar refractivity (Wildman–Crippen MR) is 95.9 cm³/mol. The van der Waals surface area contributed by atoms with Gasteiger partial charge in [-0.1, -0.05) is 29.8 Å². The lowest BCUT2D eigenvalue weighted by molar-refractivity contribution is 0.596. The number of aryl methyl sites for hydroxylation is 1. The van der Waals surface area contributed by atoms with Gasteiger partial charge < -0.3 is 11.1 Å². The zero-order valence-electron chi connectivity index (χ0n) is 13.0. The van der Waals surface area contributed by atoms with Crippen molar-refractivity contribution in [2.24, 2.45) is 12.8 Å². The maximum Gasteiger partial charge on any atom is 0.160 e. The molecular weight excluding hydrogens is 349 g/mol. The fourth-order valence-corrected chi connectivity index (χ4v) is 3.70. The summed E-state index contributed by atoms with van der Waals surface area (Å²) >= 11 is 7.73. The molecule has 2 aromatic heterocycles. The SMILES string of the molecule is Cn1ncnc1-c1cc(N[C@H](CN)Cc2ccccc2F)sc1Cl. The topological polar surface area (TPSA) is 68.8 Å². The van der Waals surface area contributed by atoms with Gasteiger partial charge in [0.25, 0.3) is 0 Å². The van der Waals surface area contributed by atoms with Crippen LogP contribution in [0.15, 0.2) is 36.7 Å². The van der Waals surface area contributed by atoms with Gasteiger partial charge in [-0.15, -0.1) is 11.3 Å². The van der Waals surface area contributed by atoms with Crippen molar-refractivity contribution in [1.82, 2.24) is 14.8 Å². The van der Waals surface area contributed by atoms with E-state index in [0.29, 0.717) is 28.7 Å². The van der Waals surface area contributed by atoms with Gasteiger partial charge in [-0.3, -0.25) is 0 Å². The van der Waals surface area contributed by atoms with Crippen LogP contribution in [0.1, 0.15) is 5.56 Å². The second-order valence-electron chi connectivity index (χ2n) is 5.38. The first-order chi connectivity index (χ1) is 11.6. The number of rotatable bonds is 6. The lowest BCUT2D eigenvalue weighted by Gasteiger charge is -2.17. The fraction of sp³-hybridized carbons (Fsp3) is 0.250. The molecule has 1 atom stereocenters. The van der Waals surface area contributed by atoms with Gasteiger partial charge in [-0.05, 0) is 24.1 Å². The van der Waals surface area contributed by atoms with Crippen molar-refractivity contribution in [2.45, 2.75) is 12.5 Å². The van der Waals surface area contributed by atoms with Crippen molar-refractivity contribution in [3.63, 3.8) is 0 Å². The number of nitrogens with one attached hydrogen (secondary N) is 1. The molecule has 0 radical (unpaired) electrons. The third-order valence-corrected chi connectivity index (χ3v) is 4.98. The summed E-state index contributed by atoms with van der Waals surface area (Å²) < 4.78 is 16.1. The maximum atomic E-state index is 13.8. The van der Waals surface area contributed by atoms with Gasteiger partial charge in [0.1, 0.15) is 16.5 Å². The van der Waals surface area contributed by atoms with Crippen molar-refractivity contribution >= 4 is 27.9 Å². The van der Waals surface area contributed by atoms with Crippen molar-refractivity contribution in [2.75, 3.05) is 11.9 Å². The zero-order valence-corrected chi connectivity index (χ0v) is 14.6. The van der Waals surface area contributed by atoms with E-state index in [0.717, 1.165) is 10.6 Å². The molecule has 8 heteroatoms. The third-order valence-electron chi connectivity index (χ3n) is 3.69. The van der Waals surface area contributed by atoms with E-state index in [4.69, 9.17) is 17.3 Å². The van der Waals surface area contributed by atoms with E-state index in [-0.39, 0.29) is 11.9 Å². The number of benzene rings is 1. The summed E-state index contributed by atoms with van der Waals surface area (Å²) in [6.07, 6.45) is 1.98. The summed E-state index contributed by atoms with van der Waals surface area (Å²) in [5, 5.41) is 8.25. The highest BCUT2D eigenvalue weighted by atomic mass is 35.5. The van der Waals surface area contributed by atoms with E-state index in [1.165, 1.54) is 23.7 Å². The number of aromatic nitrogens is 3. The molecule has 0 fully saturated rings. The van der Waals surface area contributed by atoms with Crippen LogP contribution in [-0.4, -0.2) is 27.4 Å². The summed E-state index contributed by atoms with van der Waals surface area (Å²) in [5.41, 5.74) is 7.29. The summed E-state index contributed by atoms with van der Waals surface area (Å²) in [6, 6.07) is 8.55. The molecule has 5 nitrogen and oxygen atoms in total. The van der Waals surface area contributed by atoms with Crippen LogP contribution >= 0.6 is 22.9 Å². The van der Waals surface area contributed by atoms with Crippen LogP contribution in [0.25, 0.3) is 11.4 Å². The Kier molecular flexibility index (Phi) is 5.13. The van der Waals surface area contributed by atoms with Gasteiger partial charge in [0, 0.05) is 19.6 Å². The average Bonchev–Trinajstić information content (AvgIpc) is 3.14. The second-order valence-corrected chi connectivity index (χ2v) is 7.03. The van der Waals surface area contributed by atoms with E-state index in [9.17, 15) is 4.39 Å². The van der Waals surface area contributed by atoms with E-state index < -0.39 is 0 Å². The number of nitrogens with zero attached hydrogens (tertiary/aromatic N) is 3. The molecule has 24 heavy (non-hydrogen) atoms. The molecule has 126 valence electrons. The molecule has 0 aliphatic heterocycles. The first kappa shape index (κ1) is 16.9. The molecular formula is C16H17ClFN5S. The largest absolute Gasteiger partial charge is 0.373 e. The van der Waals surface area contributed by atoms with Crippen molar-refractivity contribution in [1.29, 1.82) is 0 Å². The Balaban J connectivity index is 1.77. The second kappa shape index (κ2) is 7.29. The fourth-order valence-electron chi connectivity index (χ4n) is 2.46. The summed E-state index contributed by atoms with van der Waals surface area (Å²) in [7, 11) is 1.81. The van der Waals surface area contributed by atoms with Crippen LogP contribution < -0.4 is 11.1 Å². The van der Waals surface area contributed by atoms with Gasteiger partial charge in [0.05, 0.1) is 10.6 Å². The number of halogens is 2. The number of hydrogen-bond acceptors (Lipinski definition) is 5. The first-order valence-electron chi connectivity index (χ1n) is 7.42. The van der Waals surface area contributed by atoms with Gasteiger partial charge in [0.2, 0.25) is 0 Å². The summed E-state index contributed by atoms with van der Waals surface area (Å²) in [5.74, 6) is 0.476. The minimum absolute atomic E-state index is 0.0936. The molecule has 0 aliphatic rings. The molecule has 0 aliphatic carbocycles. The van der Waals surface area contributed by atoms with Crippen LogP contribution in [-0.2, 0) is 13.5 Å². The minimum Gasteiger partial charge on any atom is -0.373 e. The Morgan fingerprint density at radius 2 is 2.21 bits per heavy atom. The Morgan fingerprint density at radius 1 is 1.42 bits per heavy atom. The van der Waals surface area contributed by atoms with E-state index in [2.05, 4.69) is 15.4 Å². The molecule has 0 saturated heterocycles. The smallest absolute Gasteiger partial charge is 0.160 e. The summed E-state index contributed by atoms with van der Waals surface area (Å²) in [4.78, 5) is 4.21. The quantitative estimate of drug-likeness (QED) is 0.703. The minimum atomic E-state index is -0.221. The van der Waals surface area contributed by atoms with E-state index in [1.54, 1.807) is 16.8 Å². The highest BCUT2D eigenvalue weighted by molar-refractivity contribution is 7.20. The molecule has 0 amide bonds. The van der Waals surface area contributed by atoms with Gasteiger partial charge >= 0.3 is 0 Å². The van der Waals surface area contributed by atoms with Crippen molar-refractivity contribution in [3.05, 3.63) is 52.4 Å². The van der Waals surface area contributed by atoms with Gasteiger partial charge in [0.15, 0.2) is 5.82 Å². The molecule has 0 bridgehead atoms. The van der Waals surface area contributed by atoms with Crippen LogP contribution in [0.4, 0.5) is 9.39 Å². The monoisotopic (exact) mass is 365 g/mol. The lowest BCUT2D eigenvalue weighted by atomic mass is 10.1. The lowest BCUT2D eigenvalue weighted by Crippen LogP contribution is -2.31. The van der Waals surface area contributed by atoms with Gasteiger partial charge in [-0.25, -0.2) is 14.1 Å². The first-order valence-corrected chi connectivity index (χ1v) is 8.61. The van der Waals surface area contributed by atoms with Gasteiger partial charge in [-0.2, -0.15) is 5.10 Å². The van der Waals surface area contributed by atoms with Crippen LogP contribution in [0.3, 0.4) is 0 Å². The molecule has 2 heterocycles. The Hall–Kier alpha value is -1.96. The molecule has 3 N–H and O–H groups in total. The molecule has 0 unspecified atom stereocenters. The van der Waals surface area contributed by atoms with Crippen LogP contribution in [0.5, 0.6) is 0 Å². The third kappa shape index (κ3) is 3.58. The van der Waals surface area contributed by atoms with Crippen LogP contribution in [0.2, 0.25) is 4.34 Å². The zero-order chi connectivity index (χ0) is 17.1. The van der Waals surface area contributed by atoms with Crippen molar-refractivity contribution < 1.29 is 4.39 Å². The number of hydrogen-bond donors (Lipinski definition) is 2. The number of anilines is 1. The standard InChI is InChI=1S/C16H17ClFN5S/c1-23-16(20-9-21-23)12-7-14(24-15(12)17)22-11(8-19)6-10-4-2-3-5-13(10)18/h2-5,7,9,11,22H,6,8,19H2,1H3/t11-/m0/s1. The van der Waals surface area contributed by atoms with Crippen molar-refractivity contribution in [3.8, 4) is 11.4 Å². The molecule has 3 rings (SSSR count). The van der Waals surface area contributed by atoms with Crippen LogP contribution in [0, 0.1) is 5.82 Å². The highest BCUT2D eigenvalue weighted by Crippen LogP contribution is 2.37.